The van der Waals surface area contributed by atoms with Crippen molar-refractivity contribution in [1.29, 1.82) is 0 Å². The Kier molecular flexibility index (Phi) is 6.19. The minimum absolute atomic E-state index is 0.109. The van der Waals surface area contributed by atoms with E-state index in [-0.39, 0.29) is 11.7 Å². The molecule has 2 heterocycles. The molecule has 1 aromatic carbocycles. The maximum Gasteiger partial charge on any atom is 0.236 e. The maximum atomic E-state index is 12.1. The Morgan fingerprint density at radius 3 is 2.85 bits per heavy atom. The van der Waals surface area contributed by atoms with Gasteiger partial charge in [0.15, 0.2) is 10.3 Å². The molecule has 1 N–H and O–H groups in total. The predicted octanol–water partition coefficient (Wildman–Crippen LogP) is 3.55. The molecule has 134 valence electrons. The van der Waals surface area contributed by atoms with E-state index in [0.717, 1.165) is 11.5 Å². The van der Waals surface area contributed by atoms with E-state index < -0.39 is 0 Å². The largest absolute Gasteiger partial charge is 0.302 e. The van der Waals surface area contributed by atoms with E-state index in [9.17, 15) is 4.79 Å². The van der Waals surface area contributed by atoms with Crippen LogP contribution in [0, 0.1) is 6.92 Å². The van der Waals surface area contributed by atoms with Gasteiger partial charge in [0.2, 0.25) is 5.91 Å². The molecule has 3 rings (SSSR count). The number of aromatic nitrogens is 4. The van der Waals surface area contributed by atoms with Crippen molar-refractivity contribution in [3.05, 3.63) is 65.4 Å². The van der Waals surface area contributed by atoms with Gasteiger partial charge in [0.1, 0.15) is 5.82 Å². The molecule has 2 aromatic heterocycles. The van der Waals surface area contributed by atoms with Gasteiger partial charge in [-0.25, -0.2) is 4.98 Å². The van der Waals surface area contributed by atoms with E-state index in [1.165, 1.54) is 28.7 Å². The number of aryl methyl sites for hydroxylation is 1. The lowest BCUT2D eigenvalue weighted by atomic mass is 10.1. The zero-order chi connectivity index (χ0) is 18.4. The van der Waals surface area contributed by atoms with Crippen molar-refractivity contribution >= 4 is 34.1 Å². The van der Waals surface area contributed by atoms with Crippen molar-refractivity contribution in [2.24, 2.45) is 0 Å². The first-order chi connectivity index (χ1) is 12.7. The molecule has 0 atom stereocenters. The summed E-state index contributed by atoms with van der Waals surface area (Å²) in [7, 11) is 0. The number of amides is 1. The number of allylic oxidation sites excluding steroid dienone is 1. The van der Waals surface area contributed by atoms with Gasteiger partial charge in [-0.3, -0.25) is 4.79 Å². The Bertz CT molecular complexity index is 888. The van der Waals surface area contributed by atoms with Gasteiger partial charge in [0, 0.05) is 18.3 Å². The highest BCUT2D eigenvalue weighted by Crippen LogP contribution is 2.20. The van der Waals surface area contributed by atoms with Crippen molar-refractivity contribution in [3.63, 3.8) is 0 Å². The number of carbonyl (C=O) groups is 1. The number of hydrogen-bond acceptors (Lipinski definition) is 6. The molecule has 0 aliphatic carbocycles. The summed E-state index contributed by atoms with van der Waals surface area (Å²) in [6, 6.07) is 10.1. The number of nitrogens with one attached hydrogen (secondary N) is 1. The van der Waals surface area contributed by atoms with E-state index in [1.807, 2.05) is 35.1 Å². The zero-order valence-corrected chi connectivity index (χ0v) is 16.0. The molecule has 0 radical (unpaired) electrons. The van der Waals surface area contributed by atoms with Crippen LogP contribution in [0.15, 0.2) is 53.5 Å². The first kappa shape index (κ1) is 18.3. The standard InChI is InChI=1S/C18H19N5OS2/c1-3-9-23-15(10-14-7-5-4-6-8-14)21-22-18(23)26-12-16(24)20-17-19-13(2)11-25-17/h3-8,11H,1,9-10,12H2,2H3,(H,19,20,24). The minimum atomic E-state index is -0.109. The van der Waals surface area contributed by atoms with E-state index in [2.05, 4.69) is 39.2 Å². The van der Waals surface area contributed by atoms with Gasteiger partial charge in [-0.1, -0.05) is 48.2 Å². The first-order valence-corrected chi connectivity index (χ1v) is 9.94. The zero-order valence-electron chi connectivity index (χ0n) is 14.4. The average molecular weight is 386 g/mol. The predicted molar refractivity (Wildman–Crippen MR) is 106 cm³/mol. The number of hydrogen-bond donors (Lipinski definition) is 1. The van der Waals surface area contributed by atoms with Gasteiger partial charge < -0.3 is 9.88 Å². The SMILES string of the molecule is C=CCn1c(Cc2ccccc2)nnc1SCC(=O)Nc1nc(C)cs1. The number of rotatable bonds is 8. The summed E-state index contributed by atoms with van der Waals surface area (Å²) in [5.74, 6) is 0.996. The maximum absolute atomic E-state index is 12.1. The third-order valence-electron chi connectivity index (χ3n) is 3.51. The van der Waals surface area contributed by atoms with Gasteiger partial charge in [0.05, 0.1) is 11.4 Å². The number of thiazole rings is 1. The lowest BCUT2D eigenvalue weighted by Gasteiger charge is -2.07. The molecule has 8 heteroatoms. The number of nitrogens with zero attached hydrogens (tertiary/aromatic N) is 4. The lowest BCUT2D eigenvalue weighted by Crippen LogP contribution is -2.14. The Labute approximate surface area is 160 Å². The topological polar surface area (TPSA) is 72.7 Å². The van der Waals surface area contributed by atoms with Crippen LogP contribution in [-0.4, -0.2) is 31.4 Å². The normalized spacial score (nSPS) is 10.7. The molecule has 1 amide bonds. The summed E-state index contributed by atoms with van der Waals surface area (Å²) in [6.07, 6.45) is 2.49. The highest BCUT2D eigenvalue weighted by atomic mass is 32.2. The third-order valence-corrected chi connectivity index (χ3v) is 5.35. The number of benzene rings is 1. The smallest absolute Gasteiger partial charge is 0.236 e. The highest BCUT2D eigenvalue weighted by molar-refractivity contribution is 7.99. The Morgan fingerprint density at radius 1 is 1.35 bits per heavy atom. The molecule has 0 spiro atoms. The number of carbonyl (C=O) groups excluding carboxylic acids is 1. The Morgan fingerprint density at radius 2 is 2.15 bits per heavy atom. The van der Waals surface area contributed by atoms with Gasteiger partial charge in [-0.05, 0) is 12.5 Å². The summed E-state index contributed by atoms with van der Waals surface area (Å²) < 4.78 is 1.99. The van der Waals surface area contributed by atoms with Crippen LogP contribution in [-0.2, 0) is 17.8 Å². The molecule has 6 nitrogen and oxygen atoms in total. The molecular weight excluding hydrogens is 366 g/mol. The van der Waals surface area contributed by atoms with Crippen molar-refractivity contribution < 1.29 is 4.79 Å². The van der Waals surface area contributed by atoms with Crippen LogP contribution in [0.5, 0.6) is 0 Å². The van der Waals surface area contributed by atoms with Crippen LogP contribution in [0.4, 0.5) is 5.13 Å². The summed E-state index contributed by atoms with van der Waals surface area (Å²) >= 11 is 2.78. The van der Waals surface area contributed by atoms with Gasteiger partial charge >= 0.3 is 0 Å². The second kappa shape index (κ2) is 8.77. The van der Waals surface area contributed by atoms with Crippen LogP contribution in [0.3, 0.4) is 0 Å². The second-order valence-electron chi connectivity index (χ2n) is 5.59. The molecular formula is C18H19N5OS2. The molecule has 0 saturated heterocycles. The fraction of sp³-hybridized carbons (Fsp3) is 0.222. The van der Waals surface area contributed by atoms with Crippen molar-refractivity contribution in [2.45, 2.75) is 25.0 Å². The van der Waals surface area contributed by atoms with E-state index in [0.29, 0.717) is 23.3 Å². The lowest BCUT2D eigenvalue weighted by molar-refractivity contribution is -0.113. The second-order valence-corrected chi connectivity index (χ2v) is 7.39. The molecule has 0 saturated carbocycles. The van der Waals surface area contributed by atoms with Crippen molar-refractivity contribution in [2.75, 3.05) is 11.1 Å². The molecule has 0 aliphatic rings. The van der Waals surface area contributed by atoms with Gasteiger partial charge in [-0.2, -0.15) is 0 Å². The van der Waals surface area contributed by atoms with Crippen LogP contribution in [0.1, 0.15) is 17.1 Å². The molecule has 3 aromatic rings. The number of thioether (sulfide) groups is 1. The van der Waals surface area contributed by atoms with Crippen LogP contribution >= 0.6 is 23.1 Å². The summed E-state index contributed by atoms with van der Waals surface area (Å²) in [6.45, 7) is 6.30. The molecule has 26 heavy (non-hydrogen) atoms. The highest BCUT2D eigenvalue weighted by Gasteiger charge is 2.14. The van der Waals surface area contributed by atoms with Gasteiger partial charge in [-0.15, -0.1) is 28.1 Å². The Balaban J connectivity index is 1.65. The molecule has 0 bridgehead atoms. The quantitative estimate of drug-likeness (QED) is 0.474. The fourth-order valence-corrected chi connectivity index (χ4v) is 3.82. The molecule has 0 aliphatic heterocycles. The summed E-state index contributed by atoms with van der Waals surface area (Å²) in [5.41, 5.74) is 2.06. The number of anilines is 1. The van der Waals surface area contributed by atoms with Gasteiger partial charge in [0.25, 0.3) is 0 Å². The molecule has 0 fully saturated rings. The van der Waals surface area contributed by atoms with Crippen molar-refractivity contribution in [3.8, 4) is 0 Å². The minimum Gasteiger partial charge on any atom is -0.302 e. The van der Waals surface area contributed by atoms with E-state index in [4.69, 9.17) is 0 Å². The van der Waals surface area contributed by atoms with Crippen LogP contribution in [0.2, 0.25) is 0 Å². The summed E-state index contributed by atoms with van der Waals surface area (Å²) in [4.78, 5) is 16.4. The van der Waals surface area contributed by atoms with E-state index >= 15 is 0 Å². The van der Waals surface area contributed by atoms with E-state index in [1.54, 1.807) is 6.08 Å². The summed E-state index contributed by atoms with van der Waals surface area (Å²) in [5, 5.41) is 14.6. The monoisotopic (exact) mass is 385 g/mol. The molecule has 0 unspecified atom stereocenters. The third kappa shape index (κ3) is 4.80. The fourth-order valence-electron chi connectivity index (χ4n) is 2.34. The first-order valence-electron chi connectivity index (χ1n) is 8.07. The van der Waals surface area contributed by atoms with Crippen LogP contribution < -0.4 is 5.32 Å². The van der Waals surface area contributed by atoms with Crippen molar-refractivity contribution in [1.82, 2.24) is 19.7 Å². The average Bonchev–Trinajstić information content (AvgIpc) is 3.21. The van der Waals surface area contributed by atoms with Crippen LogP contribution in [0.25, 0.3) is 0 Å². The Hall–Kier alpha value is -2.45.